The molecule has 0 spiro atoms. The lowest BCUT2D eigenvalue weighted by Crippen LogP contribution is -2.58. The normalized spacial score (nSPS) is 26.7. The number of piperidine rings is 1. The van der Waals surface area contributed by atoms with Crippen LogP contribution in [0.4, 0.5) is 0 Å². The van der Waals surface area contributed by atoms with Crippen LogP contribution in [0.25, 0.3) is 0 Å². The molecular weight excluding hydrogens is 320 g/mol. The van der Waals surface area contributed by atoms with Crippen LogP contribution in [0, 0.1) is 12.3 Å². The number of nitrogens with zero attached hydrogens (tertiary/aromatic N) is 2. The van der Waals surface area contributed by atoms with Gasteiger partial charge in [-0.05, 0) is 46.3 Å². The minimum Gasteiger partial charge on any atom is -0.459 e. The lowest BCUT2D eigenvalue weighted by atomic mass is 9.73. The summed E-state index contributed by atoms with van der Waals surface area (Å²) in [5, 5.41) is 0. The second-order valence-electron chi connectivity index (χ2n) is 7.63. The third kappa shape index (κ3) is 4.07. The fourth-order valence-electron chi connectivity index (χ4n) is 3.93. The van der Waals surface area contributed by atoms with Gasteiger partial charge in [0.2, 0.25) is 0 Å². The van der Waals surface area contributed by atoms with E-state index in [0.717, 1.165) is 38.0 Å². The Labute approximate surface area is 150 Å². The van der Waals surface area contributed by atoms with Crippen molar-refractivity contribution in [2.24, 2.45) is 5.41 Å². The lowest BCUT2D eigenvalue weighted by Gasteiger charge is -2.50. The highest BCUT2D eigenvalue weighted by atomic mass is 16.5. The second-order valence-corrected chi connectivity index (χ2v) is 7.63. The van der Waals surface area contributed by atoms with E-state index in [0.29, 0.717) is 32.1 Å². The quantitative estimate of drug-likeness (QED) is 0.736. The highest BCUT2D eigenvalue weighted by Crippen LogP contribution is 2.41. The Bertz CT molecular complexity index is 586. The van der Waals surface area contributed by atoms with Crippen LogP contribution >= 0.6 is 0 Å². The molecule has 1 amide bonds. The van der Waals surface area contributed by atoms with Crippen LogP contribution in [0.1, 0.15) is 35.4 Å². The van der Waals surface area contributed by atoms with Gasteiger partial charge >= 0.3 is 0 Å². The number of aryl methyl sites for hydroxylation is 1. The molecule has 2 aliphatic heterocycles. The van der Waals surface area contributed by atoms with Crippen molar-refractivity contribution in [3.8, 4) is 0 Å². The van der Waals surface area contributed by atoms with E-state index < -0.39 is 0 Å². The van der Waals surface area contributed by atoms with Crippen LogP contribution in [0.3, 0.4) is 0 Å². The molecule has 2 atom stereocenters. The van der Waals surface area contributed by atoms with Crippen molar-refractivity contribution >= 4 is 5.91 Å². The third-order valence-corrected chi connectivity index (χ3v) is 5.40. The molecule has 2 fully saturated rings. The first kappa shape index (κ1) is 18.4. The van der Waals surface area contributed by atoms with Crippen molar-refractivity contribution in [3.05, 3.63) is 23.7 Å². The Morgan fingerprint density at radius 3 is 3.04 bits per heavy atom. The SMILES string of the molecule is Cc1ccoc1C(=O)N1CC[C@@H]2OCCC[C@@]2(COCCN(C)C)C1. The minimum absolute atomic E-state index is 0.0146. The molecule has 2 aliphatic rings. The van der Waals surface area contributed by atoms with Crippen LogP contribution < -0.4 is 0 Å². The van der Waals surface area contributed by atoms with E-state index in [9.17, 15) is 4.79 Å². The predicted octanol–water partition coefficient (Wildman–Crippen LogP) is 2.18. The number of hydrogen-bond donors (Lipinski definition) is 0. The summed E-state index contributed by atoms with van der Waals surface area (Å²) >= 11 is 0. The molecule has 1 aromatic heterocycles. The Morgan fingerprint density at radius 1 is 1.48 bits per heavy atom. The Morgan fingerprint density at radius 2 is 2.32 bits per heavy atom. The zero-order valence-electron chi connectivity index (χ0n) is 15.6. The van der Waals surface area contributed by atoms with Crippen LogP contribution in [-0.4, -0.2) is 75.4 Å². The fourth-order valence-corrected chi connectivity index (χ4v) is 3.93. The Hall–Kier alpha value is -1.37. The van der Waals surface area contributed by atoms with E-state index in [1.807, 2.05) is 32.0 Å². The summed E-state index contributed by atoms with van der Waals surface area (Å²) in [7, 11) is 4.09. The smallest absolute Gasteiger partial charge is 0.289 e. The summed E-state index contributed by atoms with van der Waals surface area (Å²) in [6, 6.07) is 1.84. The van der Waals surface area contributed by atoms with Gasteiger partial charge in [0, 0.05) is 37.2 Å². The topological polar surface area (TPSA) is 55.2 Å². The number of hydrogen-bond acceptors (Lipinski definition) is 5. The van der Waals surface area contributed by atoms with Crippen LogP contribution in [-0.2, 0) is 9.47 Å². The highest BCUT2D eigenvalue weighted by molar-refractivity contribution is 5.93. The van der Waals surface area contributed by atoms with E-state index in [1.54, 1.807) is 6.26 Å². The number of rotatable bonds is 6. The minimum atomic E-state index is -0.0982. The summed E-state index contributed by atoms with van der Waals surface area (Å²) in [5.41, 5.74) is 0.794. The number of carbonyl (C=O) groups excluding carboxylic acids is 1. The van der Waals surface area contributed by atoms with Gasteiger partial charge in [0.25, 0.3) is 5.91 Å². The number of carbonyl (C=O) groups is 1. The summed E-state index contributed by atoms with van der Waals surface area (Å²) in [6.45, 7) is 6.36. The number of ether oxygens (including phenoxy) is 2. The number of furan rings is 1. The zero-order chi connectivity index (χ0) is 17.9. The van der Waals surface area contributed by atoms with Gasteiger partial charge in [-0.1, -0.05) is 0 Å². The van der Waals surface area contributed by atoms with Crippen molar-refractivity contribution in [2.75, 3.05) is 53.6 Å². The maximum atomic E-state index is 12.9. The van der Waals surface area contributed by atoms with Gasteiger partial charge in [0.05, 0.1) is 25.6 Å². The van der Waals surface area contributed by atoms with Gasteiger partial charge in [-0.2, -0.15) is 0 Å². The van der Waals surface area contributed by atoms with Crippen molar-refractivity contribution in [1.29, 1.82) is 0 Å². The molecular formula is C19H30N2O4. The molecule has 3 heterocycles. The average molecular weight is 350 g/mol. The second kappa shape index (κ2) is 7.89. The molecule has 0 N–H and O–H groups in total. The third-order valence-electron chi connectivity index (χ3n) is 5.40. The molecule has 6 nitrogen and oxygen atoms in total. The molecule has 0 aliphatic carbocycles. The fraction of sp³-hybridized carbons (Fsp3) is 0.737. The summed E-state index contributed by atoms with van der Waals surface area (Å²) in [6.07, 6.45) is 4.69. The van der Waals surface area contributed by atoms with E-state index in [-0.39, 0.29) is 17.4 Å². The van der Waals surface area contributed by atoms with E-state index >= 15 is 0 Å². The molecule has 140 valence electrons. The van der Waals surface area contributed by atoms with Crippen molar-refractivity contribution in [1.82, 2.24) is 9.80 Å². The van der Waals surface area contributed by atoms with Gasteiger partial charge in [-0.3, -0.25) is 4.79 Å². The lowest BCUT2D eigenvalue weighted by molar-refractivity contribution is -0.147. The monoisotopic (exact) mass is 350 g/mol. The Kier molecular flexibility index (Phi) is 5.81. The summed E-state index contributed by atoms with van der Waals surface area (Å²) < 4.78 is 17.5. The number of amides is 1. The zero-order valence-corrected chi connectivity index (χ0v) is 15.6. The summed E-state index contributed by atoms with van der Waals surface area (Å²) in [4.78, 5) is 16.9. The maximum absolute atomic E-state index is 12.9. The molecule has 0 aromatic carbocycles. The van der Waals surface area contributed by atoms with E-state index in [4.69, 9.17) is 13.9 Å². The number of likely N-dealkylation sites (tertiary alicyclic amines) is 1. The molecule has 0 unspecified atom stereocenters. The summed E-state index contributed by atoms with van der Waals surface area (Å²) in [5.74, 6) is 0.443. The molecule has 2 saturated heterocycles. The van der Waals surface area contributed by atoms with Gasteiger partial charge in [0.1, 0.15) is 0 Å². The van der Waals surface area contributed by atoms with Crippen molar-refractivity contribution < 1.29 is 18.7 Å². The van der Waals surface area contributed by atoms with E-state index in [2.05, 4.69) is 4.90 Å². The van der Waals surface area contributed by atoms with Gasteiger partial charge < -0.3 is 23.7 Å². The first-order valence-corrected chi connectivity index (χ1v) is 9.19. The van der Waals surface area contributed by atoms with E-state index in [1.165, 1.54) is 0 Å². The average Bonchev–Trinajstić information content (AvgIpc) is 3.03. The van der Waals surface area contributed by atoms with Gasteiger partial charge in [0.15, 0.2) is 5.76 Å². The van der Waals surface area contributed by atoms with Crippen LogP contribution in [0.15, 0.2) is 16.7 Å². The van der Waals surface area contributed by atoms with Gasteiger partial charge in [-0.25, -0.2) is 0 Å². The van der Waals surface area contributed by atoms with Crippen LogP contribution in [0.5, 0.6) is 0 Å². The molecule has 25 heavy (non-hydrogen) atoms. The molecule has 0 saturated carbocycles. The Balaban J connectivity index is 1.68. The molecule has 3 rings (SSSR count). The first-order valence-electron chi connectivity index (χ1n) is 9.19. The maximum Gasteiger partial charge on any atom is 0.289 e. The standard InChI is InChI=1S/C19H30N2O4/c1-15-6-11-25-17(15)18(22)21-8-5-16-19(13-21,7-4-10-24-16)14-23-12-9-20(2)3/h6,11,16H,4-5,7-10,12-14H2,1-3H3/t16-,19-/m0/s1. The molecule has 1 aromatic rings. The highest BCUT2D eigenvalue weighted by Gasteiger charge is 2.47. The van der Waals surface area contributed by atoms with Crippen molar-refractivity contribution in [3.63, 3.8) is 0 Å². The molecule has 0 bridgehead atoms. The largest absolute Gasteiger partial charge is 0.459 e. The molecule has 6 heteroatoms. The predicted molar refractivity (Wildman–Crippen MR) is 94.7 cm³/mol. The van der Waals surface area contributed by atoms with Crippen LogP contribution in [0.2, 0.25) is 0 Å². The number of fused-ring (bicyclic) bond motifs is 1. The van der Waals surface area contributed by atoms with Gasteiger partial charge in [-0.15, -0.1) is 0 Å². The van der Waals surface area contributed by atoms with Crippen molar-refractivity contribution in [2.45, 2.75) is 32.3 Å². The number of likely N-dealkylation sites (N-methyl/N-ethyl adjacent to an activating group) is 1. The first-order chi connectivity index (χ1) is 12.0. The molecule has 0 radical (unpaired) electrons.